The molecule has 0 bridgehead atoms. The van der Waals surface area contributed by atoms with Crippen molar-refractivity contribution in [2.45, 2.75) is 25.4 Å². The van der Waals surface area contributed by atoms with Gasteiger partial charge >= 0.3 is 0 Å². The number of carbonyl (C=O) groups excluding carboxylic acids is 2. The first-order chi connectivity index (χ1) is 13.6. The van der Waals surface area contributed by atoms with E-state index in [4.69, 9.17) is 4.74 Å². The van der Waals surface area contributed by atoms with Crippen molar-refractivity contribution in [2.24, 2.45) is 0 Å². The molecule has 1 atom stereocenters. The van der Waals surface area contributed by atoms with Crippen LogP contribution in [-0.4, -0.2) is 16.7 Å². The Morgan fingerprint density at radius 3 is 2.46 bits per heavy atom. The SMILES string of the molecule is O=C([O-])CCC(C(=O)c1cccc(OCc2ccccc2)c1)c1ccccn1. The van der Waals surface area contributed by atoms with E-state index < -0.39 is 11.9 Å². The predicted octanol–water partition coefficient (Wildman–Crippen LogP) is 3.16. The number of carbonyl (C=O) groups is 2. The highest BCUT2D eigenvalue weighted by Crippen LogP contribution is 2.26. The summed E-state index contributed by atoms with van der Waals surface area (Å²) in [5, 5.41) is 10.9. The lowest BCUT2D eigenvalue weighted by atomic mass is 9.90. The quantitative estimate of drug-likeness (QED) is 0.538. The van der Waals surface area contributed by atoms with Crippen LogP contribution < -0.4 is 9.84 Å². The van der Waals surface area contributed by atoms with Crippen LogP contribution in [0.15, 0.2) is 79.0 Å². The number of aromatic nitrogens is 1. The van der Waals surface area contributed by atoms with Gasteiger partial charge in [-0.25, -0.2) is 0 Å². The molecule has 2 aromatic carbocycles. The molecule has 1 aromatic heterocycles. The van der Waals surface area contributed by atoms with Crippen LogP contribution in [0.1, 0.15) is 40.4 Å². The van der Waals surface area contributed by atoms with E-state index in [1.807, 2.05) is 30.3 Å². The zero-order chi connectivity index (χ0) is 19.8. The first-order valence-electron chi connectivity index (χ1n) is 9.05. The molecule has 142 valence electrons. The van der Waals surface area contributed by atoms with Crippen LogP contribution in [0.25, 0.3) is 0 Å². The molecule has 1 heterocycles. The average Bonchev–Trinajstić information content (AvgIpc) is 2.74. The number of hydrogen-bond donors (Lipinski definition) is 0. The van der Waals surface area contributed by atoms with Crippen LogP contribution in [-0.2, 0) is 11.4 Å². The molecule has 3 aromatic rings. The number of pyridine rings is 1. The Morgan fingerprint density at radius 1 is 0.964 bits per heavy atom. The topological polar surface area (TPSA) is 79.3 Å². The number of ketones is 1. The number of nitrogens with zero attached hydrogens (tertiary/aromatic N) is 1. The maximum Gasteiger partial charge on any atom is 0.172 e. The number of carboxylic acid groups (broad SMARTS) is 1. The Bertz CT molecular complexity index is 926. The molecule has 0 spiro atoms. The third kappa shape index (κ3) is 5.27. The molecule has 28 heavy (non-hydrogen) atoms. The Hall–Kier alpha value is -3.47. The maximum absolute atomic E-state index is 13.1. The van der Waals surface area contributed by atoms with Gasteiger partial charge in [0.25, 0.3) is 0 Å². The van der Waals surface area contributed by atoms with E-state index in [2.05, 4.69) is 4.98 Å². The Labute approximate surface area is 163 Å². The van der Waals surface area contributed by atoms with Crippen LogP contribution in [0.2, 0.25) is 0 Å². The van der Waals surface area contributed by atoms with Crippen molar-refractivity contribution in [3.63, 3.8) is 0 Å². The third-order valence-corrected chi connectivity index (χ3v) is 4.37. The van der Waals surface area contributed by atoms with Gasteiger partial charge in [-0.2, -0.15) is 0 Å². The molecule has 0 N–H and O–H groups in total. The zero-order valence-electron chi connectivity index (χ0n) is 15.3. The van der Waals surface area contributed by atoms with Crippen LogP contribution in [0.4, 0.5) is 0 Å². The summed E-state index contributed by atoms with van der Waals surface area (Å²) in [6.07, 6.45) is 1.51. The Balaban J connectivity index is 1.77. The monoisotopic (exact) mass is 374 g/mol. The van der Waals surface area contributed by atoms with E-state index in [1.54, 1.807) is 48.7 Å². The Kier molecular flexibility index (Phi) is 6.52. The van der Waals surface area contributed by atoms with Gasteiger partial charge in [0.1, 0.15) is 12.4 Å². The lowest BCUT2D eigenvalue weighted by Gasteiger charge is -2.16. The number of hydrogen-bond acceptors (Lipinski definition) is 5. The predicted molar refractivity (Wildman–Crippen MR) is 103 cm³/mol. The number of Topliss-reactive ketones (excluding diaryl/α,β-unsaturated/α-hetero) is 1. The summed E-state index contributed by atoms with van der Waals surface area (Å²) >= 11 is 0. The normalized spacial score (nSPS) is 11.6. The number of benzene rings is 2. The smallest absolute Gasteiger partial charge is 0.172 e. The largest absolute Gasteiger partial charge is 0.550 e. The highest BCUT2D eigenvalue weighted by Gasteiger charge is 2.23. The van der Waals surface area contributed by atoms with E-state index in [1.165, 1.54) is 0 Å². The summed E-state index contributed by atoms with van der Waals surface area (Å²) in [5.41, 5.74) is 2.03. The molecule has 0 saturated heterocycles. The zero-order valence-corrected chi connectivity index (χ0v) is 15.3. The molecule has 0 amide bonds. The van der Waals surface area contributed by atoms with Crippen molar-refractivity contribution < 1.29 is 19.4 Å². The van der Waals surface area contributed by atoms with Crippen molar-refractivity contribution in [3.8, 4) is 5.75 Å². The van der Waals surface area contributed by atoms with Crippen molar-refractivity contribution in [1.29, 1.82) is 0 Å². The molecule has 0 aliphatic heterocycles. The molecule has 0 fully saturated rings. The standard InChI is InChI=1S/C23H21NO4/c25-22(26)13-12-20(21-11-4-5-14-24-21)23(27)18-9-6-10-19(15-18)28-16-17-7-2-1-3-8-17/h1-11,14-15,20H,12-13,16H2,(H,25,26)/p-1. The van der Waals surface area contributed by atoms with Crippen molar-refractivity contribution in [1.82, 2.24) is 4.98 Å². The summed E-state index contributed by atoms with van der Waals surface area (Å²) in [5.74, 6) is -1.45. The molecular weight excluding hydrogens is 354 g/mol. The number of ether oxygens (including phenoxy) is 1. The molecule has 5 heteroatoms. The fraction of sp³-hybridized carbons (Fsp3) is 0.174. The highest BCUT2D eigenvalue weighted by atomic mass is 16.5. The van der Waals surface area contributed by atoms with Gasteiger partial charge in [0.15, 0.2) is 5.78 Å². The van der Waals surface area contributed by atoms with Gasteiger partial charge in [0.2, 0.25) is 0 Å². The molecular formula is C23H20NO4-. The number of carboxylic acids is 1. The number of aliphatic carboxylic acids is 1. The van der Waals surface area contributed by atoms with Crippen LogP contribution >= 0.6 is 0 Å². The van der Waals surface area contributed by atoms with Gasteiger partial charge in [-0.1, -0.05) is 48.5 Å². The van der Waals surface area contributed by atoms with Gasteiger partial charge in [-0.05, 0) is 42.7 Å². The van der Waals surface area contributed by atoms with E-state index in [9.17, 15) is 14.7 Å². The van der Waals surface area contributed by atoms with Gasteiger partial charge in [-0.15, -0.1) is 0 Å². The molecule has 3 rings (SSSR count). The maximum atomic E-state index is 13.1. The lowest BCUT2D eigenvalue weighted by Crippen LogP contribution is -2.24. The summed E-state index contributed by atoms with van der Waals surface area (Å²) in [6.45, 7) is 0.396. The molecule has 0 aliphatic rings. The van der Waals surface area contributed by atoms with E-state index in [-0.39, 0.29) is 18.6 Å². The van der Waals surface area contributed by atoms with Crippen molar-refractivity contribution in [3.05, 3.63) is 95.8 Å². The molecule has 1 unspecified atom stereocenters. The second-order valence-corrected chi connectivity index (χ2v) is 6.38. The van der Waals surface area contributed by atoms with Gasteiger partial charge in [0, 0.05) is 17.7 Å². The summed E-state index contributed by atoms with van der Waals surface area (Å²) in [7, 11) is 0. The fourth-order valence-electron chi connectivity index (χ4n) is 2.94. The molecule has 5 nitrogen and oxygen atoms in total. The summed E-state index contributed by atoms with van der Waals surface area (Å²) < 4.78 is 5.79. The fourth-order valence-corrected chi connectivity index (χ4v) is 2.94. The minimum atomic E-state index is -1.19. The first kappa shape index (κ1) is 19.3. The number of rotatable bonds is 9. The van der Waals surface area contributed by atoms with Crippen LogP contribution in [0.5, 0.6) is 5.75 Å². The molecule has 0 saturated carbocycles. The van der Waals surface area contributed by atoms with E-state index in [0.29, 0.717) is 23.6 Å². The van der Waals surface area contributed by atoms with Crippen molar-refractivity contribution >= 4 is 11.8 Å². The molecule has 0 aliphatic carbocycles. The van der Waals surface area contributed by atoms with E-state index >= 15 is 0 Å². The Morgan fingerprint density at radius 2 is 1.75 bits per heavy atom. The van der Waals surface area contributed by atoms with Gasteiger partial charge < -0.3 is 14.6 Å². The lowest BCUT2D eigenvalue weighted by molar-refractivity contribution is -0.305. The van der Waals surface area contributed by atoms with Gasteiger partial charge in [0.05, 0.1) is 11.6 Å². The first-order valence-corrected chi connectivity index (χ1v) is 9.05. The van der Waals surface area contributed by atoms with Crippen molar-refractivity contribution in [2.75, 3.05) is 0 Å². The highest BCUT2D eigenvalue weighted by molar-refractivity contribution is 6.01. The average molecular weight is 374 g/mol. The van der Waals surface area contributed by atoms with Crippen LogP contribution in [0.3, 0.4) is 0 Å². The summed E-state index contributed by atoms with van der Waals surface area (Å²) in [4.78, 5) is 28.2. The minimum absolute atomic E-state index is 0.132. The molecule has 0 radical (unpaired) electrons. The summed E-state index contributed by atoms with van der Waals surface area (Å²) in [6, 6.07) is 21.9. The second-order valence-electron chi connectivity index (χ2n) is 6.38. The minimum Gasteiger partial charge on any atom is -0.550 e. The van der Waals surface area contributed by atoms with Gasteiger partial charge in [-0.3, -0.25) is 9.78 Å². The van der Waals surface area contributed by atoms with E-state index in [0.717, 1.165) is 5.56 Å². The third-order valence-electron chi connectivity index (χ3n) is 4.37. The van der Waals surface area contributed by atoms with Crippen LogP contribution in [0, 0.1) is 0 Å². The second kappa shape index (κ2) is 9.46.